The van der Waals surface area contributed by atoms with Crippen LogP contribution in [0.1, 0.15) is 10.6 Å². The third-order valence-electron chi connectivity index (χ3n) is 4.02. The van der Waals surface area contributed by atoms with Crippen LogP contribution in [0.25, 0.3) is 10.9 Å². The van der Waals surface area contributed by atoms with Crippen LogP contribution in [0, 0.1) is 11.6 Å². The van der Waals surface area contributed by atoms with Crippen LogP contribution >= 0.6 is 0 Å². The van der Waals surface area contributed by atoms with E-state index in [1.54, 1.807) is 12.1 Å². The number of hydrogen-bond acceptors (Lipinski definition) is 4. The fourth-order valence-corrected chi connectivity index (χ4v) is 2.70. The maximum atomic E-state index is 13.8. The molecule has 2 N–H and O–H groups in total. The van der Waals surface area contributed by atoms with Crippen molar-refractivity contribution in [2.45, 2.75) is 0 Å². The summed E-state index contributed by atoms with van der Waals surface area (Å²) in [6.07, 6.45) is 0. The minimum absolute atomic E-state index is 0.138. The van der Waals surface area contributed by atoms with Gasteiger partial charge in [-0.25, -0.2) is 18.7 Å². The fourth-order valence-electron chi connectivity index (χ4n) is 2.70. The molecule has 0 aliphatic carbocycles. The number of amides is 1. The van der Waals surface area contributed by atoms with E-state index in [1.165, 1.54) is 0 Å². The molecule has 0 saturated carbocycles. The molecule has 28 heavy (non-hydrogen) atoms. The highest BCUT2D eigenvalue weighted by Crippen LogP contribution is 2.24. The number of nitrogens with one attached hydrogen (secondary N) is 2. The van der Waals surface area contributed by atoms with Gasteiger partial charge in [0.1, 0.15) is 17.5 Å². The van der Waals surface area contributed by atoms with Gasteiger partial charge >= 0.3 is 0 Å². The summed E-state index contributed by atoms with van der Waals surface area (Å²) in [6.45, 7) is 0. The van der Waals surface area contributed by atoms with Gasteiger partial charge in [-0.1, -0.05) is 30.3 Å². The van der Waals surface area contributed by atoms with E-state index in [1.807, 2.05) is 42.5 Å². The van der Waals surface area contributed by atoms with E-state index in [-0.39, 0.29) is 11.5 Å². The Balaban J connectivity index is 1.71. The van der Waals surface area contributed by atoms with Gasteiger partial charge in [0, 0.05) is 17.1 Å². The SMILES string of the molecule is O=C(Nc1ccc(F)cc1F)c1nc(Nc2ccccc2)c2ccccc2n1. The monoisotopic (exact) mass is 376 g/mol. The second kappa shape index (κ2) is 7.40. The van der Waals surface area contributed by atoms with Crippen molar-refractivity contribution >= 4 is 34.0 Å². The predicted octanol–water partition coefficient (Wildman–Crippen LogP) is 4.90. The summed E-state index contributed by atoms with van der Waals surface area (Å²) >= 11 is 0. The smallest absolute Gasteiger partial charge is 0.293 e. The minimum atomic E-state index is -0.878. The van der Waals surface area contributed by atoms with Crippen LogP contribution in [0.4, 0.5) is 26.0 Å². The summed E-state index contributed by atoms with van der Waals surface area (Å²) in [5.41, 5.74) is 1.20. The normalized spacial score (nSPS) is 10.6. The molecular weight excluding hydrogens is 362 g/mol. The van der Waals surface area contributed by atoms with Crippen molar-refractivity contribution < 1.29 is 13.6 Å². The van der Waals surface area contributed by atoms with Gasteiger partial charge in [0.2, 0.25) is 5.82 Å². The molecule has 0 atom stereocenters. The molecule has 0 radical (unpaired) electrons. The van der Waals surface area contributed by atoms with E-state index in [0.717, 1.165) is 23.2 Å². The highest BCUT2D eigenvalue weighted by molar-refractivity contribution is 6.04. The fraction of sp³-hybridized carbons (Fsp3) is 0. The number of carbonyl (C=O) groups is 1. The van der Waals surface area contributed by atoms with Gasteiger partial charge in [-0.2, -0.15) is 0 Å². The molecule has 0 fully saturated rings. The van der Waals surface area contributed by atoms with Crippen molar-refractivity contribution in [3.05, 3.63) is 90.3 Å². The zero-order valence-corrected chi connectivity index (χ0v) is 14.5. The molecule has 5 nitrogen and oxygen atoms in total. The van der Waals surface area contributed by atoms with E-state index >= 15 is 0 Å². The lowest BCUT2D eigenvalue weighted by Gasteiger charge is -2.11. The van der Waals surface area contributed by atoms with Crippen LogP contribution in [0.2, 0.25) is 0 Å². The van der Waals surface area contributed by atoms with Crippen molar-refractivity contribution in [1.29, 1.82) is 0 Å². The van der Waals surface area contributed by atoms with Crippen LogP contribution in [-0.2, 0) is 0 Å². The molecule has 7 heteroatoms. The molecule has 3 aromatic carbocycles. The molecule has 138 valence electrons. The Morgan fingerprint density at radius 3 is 2.39 bits per heavy atom. The Morgan fingerprint density at radius 2 is 1.61 bits per heavy atom. The molecule has 4 rings (SSSR count). The summed E-state index contributed by atoms with van der Waals surface area (Å²) < 4.78 is 26.9. The summed E-state index contributed by atoms with van der Waals surface area (Å²) in [7, 11) is 0. The molecule has 0 aliphatic heterocycles. The Kier molecular flexibility index (Phi) is 4.63. The lowest BCUT2D eigenvalue weighted by atomic mass is 10.2. The van der Waals surface area contributed by atoms with Crippen molar-refractivity contribution in [3.63, 3.8) is 0 Å². The number of rotatable bonds is 4. The van der Waals surface area contributed by atoms with E-state index in [4.69, 9.17) is 0 Å². The average molecular weight is 376 g/mol. The maximum Gasteiger partial charge on any atom is 0.293 e. The Labute approximate surface area is 159 Å². The van der Waals surface area contributed by atoms with E-state index in [9.17, 15) is 13.6 Å². The summed E-state index contributed by atoms with van der Waals surface area (Å²) in [4.78, 5) is 21.1. The summed E-state index contributed by atoms with van der Waals surface area (Å²) in [5, 5.41) is 6.28. The molecule has 0 spiro atoms. The van der Waals surface area contributed by atoms with Crippen LogP contribution in [0.3, 0.4) is 0 Å². The lowest BCUT2D eigenvalue weighted by molar-refractivity contribution is 0.101. The first kappa shape index (κ1) is 17.5. The second-order valence-electron chi connectivity index (χ2n) is 5.98. The van der Waals surface area contributed by atoms with Gasteiger partial charge < -0.3 is 10.6 Å². The standard InChI is InChI=1S/C21H14F2N4O/c22-13-10-11-18(16(23)12-13)26-21(28)20-25-17-9-5-4-8-15(17)19(27-20)24-14-6-2-1-3-7-14/h1-12H,(H,26,28)(H,24,25,27). The number of halogens is 2. The topological polar surface area (TPSA) is 66.9 Å². The van der Waals surface area contributed by atoms with Crippen LogP contribution < -0.4 is 10.6 Å². The summed E-state index contributed by atoms with van der Waals surface area (Å²) in [5.74, 6) is -2.00. The quantitative estimate of drug-likeness (QED) is 0.531. The van der Waals surface area contributed by atoms with Crippen LogP contribution in [-0.4, -0.2) is 15.9 Å². The van der Waals surface area contributed by atoms with Crippen LogP contribution in [0.15, 0.2) is 72.8 Å². The number of aromatic nitrogens is 2. The van der Waals surface area contributed by atoms with Gasteiger partial charge in [-0.3, -0.25) is 4.79 Å². The zero-order chi connectivity index (χ0) is 19.5. The molecule has 0 unspecified atom stereocenters. The number of fused-ring (bicyclic) bond motifs is 1. The van der Waals surface area contributed by atoms with Crippen molar-refractivity contribution in [2.75, 3.05) is 10.6 Å². The summed E-state index contributed by atoms with van der Waals surface area (Å²) in [6, 6.07) is 19.5. The number of para-hydroxylation sites is 2. The van der Waals surface area contributed by atoms with Gasteiger partial charge in [0.25, 0.3) is 5.91 Å². The number of anilines is 3. The number of carbonyl (C=O) groups excluding carboxylic acids is 1. The molecule has 1 heterocycles. The van der Waals surface area contributed by atoms with E-state index < -0.39 is 17.5 Å². The Hall–Kier alpha value is -3.87. The first-order valence-electron chi connectivity index (χ1n) is 8.45. The first-order chi connectivity index (χ1) is 13.6. The highest BCUT2D eigenvalue weighted by atomic mass is 19.1. The molecule has 4 aromatic rings. The van der Waals surface area contributed by atoms with E-state index in [2.05, 4.69) is 20.6 Å². The molecule has 0 aliphatic rings. The molecule has 0 bridgehead atoms. The van der Waals surface area contributed by atoms with Gasteiger partial charge in [-0.05, 0) is 36.4 Å². The lowest BCUT2D eigenvalue weighted by Crippen LogP contribution is -2.17. The van der Waals surface area contributed by atoms with Crippen molar-refractivity contribution in [3.8, 4) is 0 Å². The van der Waals surface area contributed by atoms with Gasteiger partial charge in [-0.15, -0.1) is 0 Å². The highest BCUT2D eigenvalue weighted by Gasteiger charge is 2.16. The zero-order valence-electron chi connectivity index (χ0n) is 14.5. The number of benzene rings is 3. The molecule has 0 saturated heterocycles. The molecule has 1 amide bonds. The minimum Gasteiger partial charge on any atom is -0.340 e. The third kappa shape index (κ3) is 3.64. The van der Waals surface area contributed by atoms with E-state index in [0.29, 0.717) is 17.4 Å². The largest absolute Gasteiger partial charge is 0.340 e. The Morgan fingerprint density at radius 1 is 0.857 bits per heavy atom. The Bertz CT molecular complexity index is 1170. The maximum absolute atomic E-state index is 13.8. The van der Waals surface area contributed by atoms with Crippen molar-refractivity contribution in [2.24, 2.45) is 0 Å². The van der Waals surface area contributed by atoms with Gasteiger partial charge in [0.15, 0.2) is 0 Å². The third-order valence-corrected chi connectivity index (χ3v) is 4.02. The number of hydrogen-bond donors (Lipinski definition) is 2. The predicted molar refractivity (Wildman–Crippen MR) is 104 cm³/mol. The van der Waals surface area contributed by atoms with Crippen LogP contribution in [0.5, 0.6) is 0 Å². The average Bonchev–Trinajstić information content (AvgIpc) is 2.71. The first-order valence-corrected chi connectivity index (χ1v) is 8.45. The molecule has 1 aromatic heterocycles. The second-order valence-corrected chi connectivity index (χ2v) is 5.98. The number of nitrogens with zero attached hydrogens (tertiary/aromatic N) is 2. The van der Waals surface area contributed by atoms with Crippen molar-refractivity contribution in [1.82, 2.24) is 9.97 Å². The molecular formula is C21H14F2N4O. The van der Waals surface area contributed by atoms with Gasteiger partial charge in [0.05, 0.1) is 11.2 Å².